The Morgan fingerprint density at radius 1 is 1.37 bits per heavy atom. The topological polar surface area (TPSA) is 60.2 Å². The van der Waals surface area contributed by atoms with Crippen molar-refractivity contribution in [1.29, 1.82) is 0 Å². The number of benzene rings is 1. The molecule has 1 aliphatic rings. The fraction of sp³-hybridized carbons (Fsp3) is 0.500. The summed E-state index contributed by atoms with van der Waals surface area (Å²) in [5.41, 5.74) is 7.55. The molecule has 1 aromatic heterocycles. The first-order valence-electron chi connectivity index (χ1n) is 6.83. The van der Waals surface area contributed by atoms with E-state index in [0.717, 1.165) is 34.2 Å². The van der Waals surface area contributed by atoms with Crippen LogP contribution in [0.3, 0.4) is 0 Å². The summed E-state index contributed by atoms with van der Waals surface area (Å²) in [6, 6.07) is 5.81. The third kappa shape index (κ3) is 3.16. The zero-order valence-corrected chi connectivity index (χ0v) is 11.7. The number of hydrogen-bond acceptors (Lipinski definition) is 5. The molecule has 0 aliphatic heterocycles. The number of ether oxygens (including phenoxy) is 1. The van der Waals surface area contributed by atoms with E-state index >= 15 is 0 Å². The Morgan fingerprint density at radius 2 is 2.21 bits per heavy atom. The Labute approximate surface area is 117 Å². The smallest absolute Gasteiger partial charge is 0.183 e. The molecule has 1 fully saturated rings. The van der Waals surface area contributed by atoms with Crippen molar-refractivity contribution in [3.05, 3.63) is 18.2 Å². The molecule has 1 saturated carbocycles. The van der Waals surface area contributed by atoms with Gasteiger partial charge in [0.1, 0.15) is 0 Å². The van der Waals surface area contributed by atoms with Crippen molar-refractivity contribution in [3.8, 4) is 0 Å². The van der Waals surface area contributed by atoms with Crippen LogP contribution in [0.1, 0.15) is 25.7 Å². The van der Waals surface area contributed by atoms with Gasteiger partial charge in [-0.05, 0) is 31.0 Å². The molecule has 0 unspecified atom stereocenters. The molecule has 2 aromatic rings. The summed E-state index contributed by atoms with van der Waals surface area (Å²) in [5.74, 6) is 0. The highest BCUT2D eigenvalue weighted by atomic mass is 32.1. The van der Waals surface area contributed by atoms with Crippen LogP contribution < -0.4 is 11.1 Å². The Hall–Kier alpha value is -1.33. The lowest BCUT2D eigenvalue weighted by Gasteiger charge is -2.10. The summed E-state index contributed by atoms with van der Waals surface area (Å²) < 4.78 is 6.94. The number of anilines is 2. The molecule has 0 saturated heterocycles. The van der Waals surface area contributed by atoms with Gasteiger partial charge in [0.2, 0.25) is 0 Å². The minimum atomic E-state index is 0.483. The second-order valence-corrected chi connectivity index (χ2v) is 5.98. The van der Waals surface area contributed by atoms with Crippen molar-refractivity contribution in [1.82, 2.24) is 4.98 Å². The molecule has 0 amide bonds. The Balaban J connectivity index is 1.50. The second-order valence-electron chi connectivity index (χ2n) is 4.95. The molecule has 1 aromatic carbocycles. The maximum atomic E-state index is 5.81. The van der Waals surface area contributed by atoms with Crippen LogP contribution >= 0.6 is 11.3 Å². The third-order valence-corrected chi connectivity index (χ3v) is 4.42. The van der Waals surface area contributed by atoms with Crippen LogP contribution in [0.25, 0.3) is 10.2 Å². The molecule has 0 radical (unpaired) electrons. The van der Waals surface area contributed by atoms with E-state index in [1.54, 1.807) is 11.3 Å². The summed E-state index contributed by atoms with van der Waals surface area (Å²) in [4.78, 5) is 4.52. The fourth-order valence-corrected chi connectivity index (χ4v) is 3.40. The van der Waals surface area contributed by atoms with E-state index in [1.165, 1.54) is 25.7 Å². The molecule has 4 nitrogen and oxygen atoms in total. The third-order valence-electron chi connectivity index (χ3n) is 3.45. The number of nitrogen functional groups attached to an aromatic ring is 1. The van der Waals surface area contributed by atoms with Gasteiger partial charge in [-0.1, -0.05) is 24.2 Å². The number of rotatable bonds is 5. The normalized spacial score (nSPS) is 16.2. The number of nitrogens with one attached hydrogen (secondary N) is 1. The first-order chi connectivity index (χ1) is 9.31. The van der Waals surface area contributed by atoms with Crippen molar-refractivity contribution in [3.63, 3.8) is 0 Å². The quantitative estimate of drug-likeness (QED) is 0.650. The molecule has 3 N–H and O–H groups in total. The van der Waals surface area contributed by atoms with E-state index in [9.17, 15) is 0 Å². The number of aromatic nitrogens is 1. The molecule has 5 heteroatoms. The average Bonchev–Trinajstić information content (AvgIpc) is 3.02. The Kier molecular flexibility index (Phi) is 3.84. The summed E-state index contributed by atoms with van der Waals surface area (Å²) in [5, 5.41) is 4.26. The summed E-state index contributed by atoms with van der Waals surface area (Å²) in [7, 11) is 0. The van der Waals surface area contributed by atoms with Gasteiger partial charge >= 0.3 is 0 Å². The predicted octanol–water partition coefficient (Wildman–Crippen LogP) is 3.25. The number of nitrogens with two attached hydrogens (primary N) is 1. The summed E-state index contributed by atoms with van der Waals surface area (Å²) in [6.45, 7) is 1.56. The van der Waals surface area contributed by atoms with Gasteiger partial charge in [-0.2, -0.15) is 0 Å². The van der Waals surface area contributed by atoms with E-state index in [1.807, 2.05) is 18.2 Å². The highest BCUT2D eigenvalue weighted by Crippen LogP contribution is 2.27. The number of nitrogens with zero attached hydrogens (tertiary/aromatic N) is 1. The van der Waals surface area contributed by atoms with Crippen molar-refractivity contribution < 1.29 is 4.74 Å². The van der Waals surface area contributed by atoms with Crippen LogP contribution in [0.2, 0.25) is 0 Å². The zero-order chi connectivity index (χ0) is 13.1. The van der Waals surface area contributed by atoms with E-state index in [0.29, 0.717) is 6.10 Å². The van der Waals surface area contributed by atoms with Crippen LogP contribution in [-0.2, 0) is 4.74 Å². The molecule has 1 aliphatic carbocycles. The first-order valence-corrected chi connectivity index (χ1v) is 7.64. The van der Waals surface area contributed by atoms with E-state index in [4.69, 9.17) is 10.5 Å². The van der Waals surface area contributed by atoms with Crippen LogP contribution in [0.4, 0.5) is 10.8 Å². The maximum Gasteiger partial charge on any atom is 0.183 e. The molecular formula is C14H19N3OS. The van der Waals surface area contributed by atoms with Gasteiger partial charge in [-0.3, -0.25) is 0 Å². The van der Waals surface area contributed by atoms with Crippen molar-refractivity contribution >= 4 is 32.4 Å². The molecule has 3 rings (SSSR count). The monoisotopic (exact) mass is 277 g/mol. The average molecular weight is 277 g/mol. The number of thiazole rings is 1. The van der Waals surface area contributed by atoms with Crippen LogP contribution in [0.15, 0.2) is 18.2 Å². The van der Waals surface area contributed by atoms with Gasteiger partial charge in [-0.25, -0.2) is 4.98 Å². The van der Waals surface area contributed by atoms with Crippen molar-refractivity contribution in [2.75, 3.05) is 24.2 Å². The van der Waals surface area contributed by atoms with E-state index in [-0.39, 0.29) is 0 Å². The van der Waals surface area contributed by atoms with Crippen LogP contribution in [-0.4, -0.2) is 24.2 Å². The van der Waals surface area contributed by atoms with Crippen LogP contribution in [0.5, 0.6) is 0 Å². The lowest BCUT2D eigenvalue weighted by molar-refractivity contribution is 0.0659. The van der Waals surface area contributed by atoms with Gasteiger partial charge < -0.3 is 15.8 Å². The van der Waals surface area contributed by atoms with Gasteiger partial charge in [0.15, 0.2) is 5.13 Å². The van der Waals surface area contributed by atoms with Gasteiger partial charge in [-0.15, -0.1) is 0 Å². The number of fused-ring (bicyclic) bond motifs is 1. The largest absolute Gasteiger partial charge is 0.399 e. The van der Waals surface area contributed by atoms with Gasteiger partial charge in [0.25, 0.3) is 0 Å². The SMILES string of the molecule is Nc1ccc2nc(NCCOC3CCCC3)sc2c1. The van der Waals surface area contributed by atoms with Gasteiger partial charge in [0, 0.05) is 12.2 Å². The Bertz CT molecular complexity index is 549. The minimum absolute atomic E-state index is 0.483. The highest BCUT2D eigenvalue weighted by molar-refractivity contribution is 7.22. The summed E-state index contributed by atoms with van der Waals surface area (Å²) in [6.07, 6.45) is 5.56. The Morgan fingerprint density at radius 3 is 3.05 bits per heavy atom. The molecule has 19 heavy (non-hydrogen) atoms. The van der Waals surface area contributed by atoms with Crippen molar-refractivity contribution in [2.24, 2.45) is 0 Å². The van der Waals surface area contributed by atoms with Crippen molar-refractivity contribution in [2.45, 2.75) is 31.8 Å². The molecular weight excluding hydrogens is 258 g/mol. The fourth-order valence-electron chi connectivity index (χ4n) is 2.46. The minimum Gasteiger partial charge on any atom is -0.399 e. The lowest BCUT2D eigenvalue weighted by Crippen LogP contribution is -2.15. The number of hydrogen-bond donors (Lipinski definition) is 2. The standard InChI is InChI=1S/C14H19N3OS/c15-10-5-6-12-13(9-10)19-14(17-12)16-7-8-18-11-3-1-2-4-11/h5-6,9,11H,1-4,7-8,15H2,(H,16,17). The zero-order valence-electron chi connectivity index (χ0n) is 10.9. The molecule has 0 spiro atoms. The van der Waals surface area contributed by atoms with Gasteiger partial charge in [0.05, 0.1) is 22.9 Å². The molecule has 1 heterocycles. The molecule has 0 bridgehead atoms. The van der Waals surface area contributed by atoms with Crippen LogP contribution in [0, 0.1) is 0 Å². The second kappa shape index (κ2) is 5.75. The predicted molar refractivity (Wildman–Crippen MR) is 80.7 cm³/mol. The maximum absolute atomic E-state index is 5.81. The lowest BCUT2D eigenvalue weighted by atomic mass is 10.3. The molecule has 0 atom stereocenters. The molecule has 102 valence electrons. The van der Waals surface area contributed by atoms with E-state index in [2.05, 4.69) is 10.3 Å². The first kappa shape index (κ1) is 12.7. The van der Waals surface area contributed by atoms with E-state index < -0.39 is 0 Å². The highest BCUT2D eigenvalue weighted by Gasteiger charge is 2.14. The summed E-state index contributed by atoms with van der Waals surface area (Å²) >= 11 is 1.64.